The number of rotatable bonds is 13. The molecule has 0 bridgehead atoms. The summed E-state index contributed by atoms with van der Waals surface area (Å²) in [5, 5.41) is 20.9. The lowest BCUT2D eigenvalue weighted by Gasteiger charge is -2.30. The van der Waals surface area contributed by atoms with Gasteiger partial charge < -0.3 is 10.2 Å². The van der Waals surface area contributed by atoms with Gasteiger partial charge in [-0.25, -0.2) is 0 Å². The Morgan fingerprint density at radius 3 is 1.38 bits per heavy atom. The summed E-state index contributed by atoms with van der Waals surface area (Å²) in [6.45, 7) is 5.67. The molecule has 4 nitrogen and oxygen atoms in total. The van der Waals surface area contributed by atoms with Crippen LogP contribution in [0.3, 0.4) is 0 Å². The van der Waals surface area contributed by atoms with Gasteiger partial charge in [0.05, 0.1) is 12.2 Å². The Morgan fingerprint density at radius 1 is 0.559 bits per heavy atom. The molecule has 2 N–H and O–H groups in total. The van der Waals surface area contributed by atoms with Gasteiger partial charge >= 0.3 is 0 Å². The number of fused-ring (bicyclic) bond motifs is 2. The third kappa shape index (κ3) is 7.91. The standard InChI is InChI=1S/C30H44N2O2/c33-29(23-31-19-17-25-11-7-9-13-27(25)21-31)15-5-3-1-2-4-6-16-30(34)24-32-20-18-26-12-8-10-14-28(26)22-32/h7-14,29-30,33-34H,1-6,15-24H2/t29-,30-/m0/s1. The van der Waals surface area contributed by atoms with E-state index in [-0.39, 0.29) is 12.2 Å². The molecule has 0 radical (unpaired) electrons. The molecule has 0 saturated carbocycles. The van der Waals surface area contributed by atoms with Gasteiger partial charge in [-0.15, -0.1) is 0 Å². The number of hydrogen-bond donors (Lipinski definition) is 2. The highest BCUT2D eigenvalue weighted by molar-refractivity contribution is 5.29. The van der Waals surface area contributed by atoms with Crippen molar-refractivity contribution in [3.8, 4) is 0 Å². The molecule has 0 spiro atoms. The van der Waals surface area contributed by atoms with Crippen molar-refractivity contribution in [1.82, 2.24) is 9.80 Å². The van der Waals surface area contributed by atoms with Gasteiger partial charge in [-0.05, 0) is 47.9 Å². The highest BCUT2D eigenvalue weighted by Crippen LogP contribution is 2.21. The molecule has 0 fully saturated rings. The SMILES string of the molecule is O[C@@H](CCCCCCCC[C@H](O)CN1CCc2ccccc2C1)CN1CCc2ccccc2C1. The highest BCUT2D eigenvalue weighted by Gasteiger charge is 2.19. The Balaban J connectivity index is 0.987. The van der Waals surface area contributed by atoms with Gasteiger partial charge in [0.2, 0.25) is 0 Å². The predicted octanol–water partition coefficient (Wildman–Crippen LogP) is 4.95. The Bertz CT molecular complexity index is 799. The smallest absolute Gasteiger partial charge is 0.0667 e. The van der Waals surface area contributed by atoms with Crippen molar-refractivity contribution in [2.75, 3.05) is 26.2 Å². The second-order valence-corrected chi connectivity index (χ2v) is 10.5. The lowest BCUT2D eigenvalue weighted by Crippen LogP contribution is -2.36. The van der Waals surface area contributed by atoms with Gasteiger partial charge in [0.1, 0.15) is 0 Å². The van der Waals surface area contributed by atoms with Crippen LogP contribution in [-0.4, -0.2) is 58.4 Å². The van der Waals surface area contributed by atoms with E-state index in [1.165, 1.54) is 47.9 Å². The summed E-state index contributed by atoms with van der Waals surface area (Å²) in [5.74, 6) is 0. The normalized spacial score (nSPS) is 18.3. The molecular formula is C30H44N2O2. The fourth-order valence-electron chi connectivity index (χ4n) is 5.67. The van der Waals surface area contributed by atoms with Crippen molar-refractivity contribution in [1.29, 1.82) is 0 Å². The predicted molar refractivity (Wildman–Crippen MR) is 140 cm³/mol. The molecule has 2 atom stereocenters. The fraction of sp³-hybridized carbons (Fsp3) is 0.600. The van der Waals surface area contributed by atoms with Crippen LogP contribution in [0, 0.1) is 0 Å². The van der Waals surface area contributed by atoms with Crippen LogP contribution in [-0.2, 0) is 25.9 Å². The van der Waals surface area contributed by atoms with E-state index in [4.69, 9.17) is 0 Å². The molecule has 186 valence electrons. The van der Waals surface area contributed by atoms with Crippen molar-refractivity contribution in [2.45, 2.75) is 89.5 Å². The topological polar surface area (TPSA) is 46.9 Å². The summed E-state index contributed by atoms with van der Waals surface area (Å²) < 4.78 is 0. The van der Waals surface area contributed by atoms with Crippen LogP contribution in [0.5, 0.6) is 0 Å². The summed E-state index contributed by atoms with van der Waals surface area (Å²) >= 11 is 0. The molecule has 0 saturated heterocycles. The number of β-amino-alcohol motifs (C(OH)–C–C–N with tert-alkyl or cyclic N) is 2. The van der Waals surface area contributed by atoms with Gasteiger partial charge in [-0.1, -0.05) is 87.1 Å². The molecule has 4 rings (SSSR count). The molecule has 0 amide bonds. The first-order chi connectivity index (χ1) is 16.7. The van der Waals surface area contributed by atoms with E-state index in [0.29, 0.717) is 0 Å². The van der Waals surface area contributed by atoms with Gasteiger partial charge in [0, 0.05) is 39.3 Å². The molecule has 0 aromatic heterocycles. The zero-order valence-electron chi connectivity index (χ0n) is 20.9. The molecule has 2 aliphatic rings. The molecular weight excluding hydrogens is 420 g/mol. The Labute approximate surface area is 206 Å². The molecule has 4 heteroatoms. The molecule has 2 aliphatic heterocycles. The maximum atomic E-state index is 10.5. The van der Waals surface area contributed by atoms with E-state index in [0.717, 1.165) is 77.8 Å². The van der Waals surface area contributed by atoms with Crippen molar-refractivity contribution < 1.29 is 10.2 Å². The van der Waals surface area contributed by atoms with E-state index in [2.05, 4.69) is 58.3 Å². The molecule has 2 aromatic carbocycles. The summed E-state index contributed by atoms with van der Waals surface area (Å²) in [7, 11) is 0. The van der Waals surface area contributed by atoms with Crippen LogP contribution in [0.4, 0.5) is 0 Å². The highest BCUT2D eigenvalue weighted by atomic mass is 16.3. The number of unbranched alkanes of at least 4 members (excludes halogenated alkanes) is 5. The van der Waals surface area contributed by atoms with Gasteiger partial charge in [0.15, 0.2) is 0 Å². The first kappa shape index (κ1) is 25.4. The maximum absolute atomic E-state index is 10.5. The lowest BCUT2D eigenvalue weighted by molar-refractivity contribution is 0.0952. The minimum atomic E-state index is -0.206. The fourth-order valence-corrected chi connectivity index (χ4v) is 5.67. The molecule has 2 heterocycles. The first-order valence-electron chi connectivity index (χ1n) is 13.6. The van der Waals surface area contributed by atoms with Crippen LogP contribution >= 0.6 is 0 Å². The lowest BCUT2D eigenvalue weighted by atomic mass is 9.99. The van der Waals surface area contributed by atoms with E-state index in [9.17, 15) is 10.2 Å². The van der Waals surface area contributed by atoms with Crippen LogP contribution < -0.4 is 0 Å². The van der Waals surface area contributed by atoms with E-state index >= 15 is 0 Å². The summed E-state index contributed by atoms with van der Waals surface area (Å²) in [6, 6.07) is 17.4. The molecule has 0 unspecified atom stereocenters. The van der Waals surface area contributed by atoms with Crippen molar-refractivity contribution in [3.05, 3.63) is 70.8 Å². The van der Waals surface area contributed by atoms with Gasteiger partial charge in [-0.2, -0.15) is 0 Å². The van der Waals surface area contributed by atoms with E-state index in [1.807, 2.05) is 0 Å². The Hall–Kier alpha value is -1.72. The number of hydrogen-bond acceptors (Lipinski definition) is 4. The largest absolute Gasteiger partial charge is 0.392 e. The Morgan fingerprint density at radius 2 is 0.941 bits per heavy atom. The second kappa shape index (κ2) is 13.4. The molecule has 0 aliphatic carbocycles. The number of aliphatic hydroxyl groups excluding tert-OH is 2. The Kier molecular flexibility index (Phi) is 9.99. The van der Waals surface area contributed by atoms with Crippen molar-refractivity contribution >= 4 is 0 Å². The van der Waals surface area contributed by atoms with Crippen LogP contribution in [0.25, 0.3) is 0 Å². The van der Waals surface area contributed by atoms with Crippen molar-refractivity contribution in [2.24, 2.45) is 0 Å². The third-order valence-electron chi connectivity index (χ3n) is 7.68. The second-order valence-electron chi connectivity index (χ2n) is 10.5. The average molecular weight is 465 g/mol. The monoisotopic (exact) mass is 464 g/mol. The number of aliphatic hydroxyl groups is 2. The van der Waals surface area contributed by atoms with E-state index < -0.39 is 0 Å². The molecule has 34 heavy (non-hydrogen) atoms. The minimum absolute atomic E-state index is 0.206. The summed E-state index contributed by atoms with van der Waals surface area (Å²) in [4.78, 5) is 4.81. The zero-order valence-corrected chi connectivity index (χ0v) is 20.9. The van der Waals surface area contributed by atoms with Gasteiger partial charge in [-0.3, -0.25) is 9.80 Å². The summed E-state index contributed by atoms with van der Waals surface area (Å²) in [6.07, 6.45) is 10.7. The zero-order chi connectivity index (χ0) is 23.6. The average Bonchev–Trinajstić information content (AvgIpc) is 2.85. The van der Waals surface area contributed by atoms with Crippen molar-refractivity contribution in [3.63, 3.8) is 0 Å². The first-order valence-corrected chi connectivity index (χ1v) is 13.6. The molecule has 2 aromatic rings. The maximum Gasteiger partial charge on any atom is 0.0667 e. The van der Waals surface area contributed by atoms with Crippen LogP contribution in [0.1, 0.15) is 73.6 Å². The van der Waals surface area contributed by atoms with E-state index in [1.54, 1.807) is 0 Å². The number of nitrogens with zero attached hydrogens (tertiary/aromatic N) is 2. The van der Waals surface area contributed by atoms with Gasteiger partial charge in [0.25, 0.3) is 0 Å². The third-order valence-corrected chi connectivity index (χ3v) is 7.68. The van der Waals surface area contributed by atoms with Crippen LogP contribution in [0.15, 0.2) is 48.5 Å². The number of benzene rings is 2. The summed E-state index contributed by atoms with van der Waals surface area (Å²) in [5.41, 5.74) is 5.79. The van der Waals surface area contributed by atoms with Crippen LogP contribution in [0.2, 0.25) is 0 Å². The minimum Gasteiger partial charge on any atom is -0.392 e. The quantitative estimate of drug-likeness (QED) is 0.412.